The van der Waals surface area contributed by atoms with Gasteiger partial charge in [-0.15, -0.1) is 0 Å². The molecule has 1 aliphatic heterocycles. The van der Waals surface area contributed by atoms with Crippen LogP contribution >= 0.6 is 0 Å². The summed E-state index contributed by atoms with van der Waals surface area (Å²) in [5.74, 6) is 1.06. The number of nitrogens with one attached hydrogen (secondary N) is 1. The molecule has 3 nitrogen and oxygen atoms in total. The average molecular weight is 272 g/mol. The van der Waals surface area contributed by atoms with E-state index in [0.717, 1.165) is 24.4 Å². The molecule has 0 spiro atoms. The predicted octanol–water partition coefficient (Wildman–Crippen LogP) is 3.57. The zero-order valence-corrected chi connectivity index (χ0v) is 12.4. The topological polar surface area (TPSA) is 28.4 Å². The lowest BCUT2D eigenvalue weighted by atomic mass is 10.1. The van der Waals surface area contributed by atoms with Gasteiger partial charge in [0.2, 0.25) is 0 Å². The van der Waals surface area contributed by atoms with Crippen molar-refractivity contribution < 1.29 is 4.42 Å². The van der Waals surface area contributed by atoms with Gasteiger partial charge >= 0.3 is 0 Å². The number of rotatable bonds is 5. The predicted molar refractivity (Wildman–Crippen MR) is 82.9 cm³/mol. The van der Waals surface area contributed by atoms with Gasteiger partial charge in [0.15, 0.2) is 0 Å². The second kappa shape index (κ2) is 5.98. The van der Waals surface area contributed by atoms with Crippen molar-refractivity contribution in [2.24, 2.45) is 0 Å². The molecule has 1 saturated heterocycles. The molecule has 108 valence electrons. The summed E-state index contributed by atoms with van der Waals surface area (Å²) >= 11 is 0. The van der Waals surface area contributed by atoms with E-state index in [1.807, 2.05) is 12.1 Å². The van der Waals surface area contributed by atoms with Gasteiger partial charge in [-0.05, 0) is 45.0 Å². The SMILES string of the molecule is CCNC(CN1CCCC1C)c1cc2ccccc2o1. The number of hydrogen-bond acceptors (Lipinski definition) is 3. The summed E-state index contributed by atoms with van der Waals surface area (Å²) in [4.78, 5) is 2.57. The molecule has 1 aromatic heterocycles. The van der Waals surface area contributed by atoms with Crippen LogP contribution in [0.2, 0.25) is 0 Å². The Morgan fingerprint density at radius 3 is 2.95 bits per heavy atom. The lowest BCUT2D eigenvalue weighted by Gasteiger charge is -2.26. The van der Waals surface area contributed by atoms with Crippen molar-refractivity contribution >= 4 is 11.0 Å². The van der Waals surface area contributed by atoms with Crippen LogP contribution in [0.1, 0.15) is 38.5 Å². The van der Waals surface area contributed by atoms with Gasteiger partial charge in [-0.2, -0.15) is 0 Å². The van der Waals surface area contributed by atoms with E-state index in [4.69, 9.17) is 4.42 Å². The van der Waals surface area contributed by atoms with Crippen LogP contribution in [0.3, 0.4) is 0 Å². The van der Waals surface area contributed by atoms with E-state index >= 15 is 0 Å². The molecule has 2 heterocycles. The fourth-order valence-electron chi connectivity index (χ4n) is 3.17. The Morgan fingerprint density at radius 1 is 1.40 bits per heavy atom. The van der Waals surface area contributed by atoms with E-state index in [-0.39, 0.29) is 6.04 Å². The molecule has 3 rings (SSSR count). The maximum Gasteiger partial charge on any atom is 0.134 e. The fourth-order valence-corrected chi connectivity index (χ4v) is 3.17. The summed E-state index contributed by atoms with van der Waals surface area (Å²) in [6, 6.07) is 11.4. The molecule has 1 aliphatic rings. The first-order chi connectivity index (χ1) is 9.78. The van der Waals surface area contributed by atoms with Crippen molar-refractivity contribution in [2.75, 3.05) is 19.6 Å². The van der Waals surface area contributed by atoms with Crippen LogP contribution in [-0.2, 0) is 0 Å². The first-order valence-corrected chi connectivity index (χ1v) is 7.74. The number of fused-ring (bicyclic) bond motifs is 1. The summed E-state index contributed by atoms with van der Waals surface area (Å²) in [6.07, 6.45) is 2.64. The Kier molecular flexibility index (Phi) is 4.08. The zero-order chi connectivity index (χ0) is 13.9. The number of para-hydroxylation sites is 1. The number of furan rings is 1. The highest BCUT2D eigenvalue weighted by Crippen LogP contribution is 2.26. The third kappa shape index (κ3) is 2.74. The zero-order valence-electron chi connectivity index (χ0n) is 12.4. The van der Waals surface area contributed by atoms with Crippen LogP contribution in [0.15, 0.2) is 34.7 Å². The minimum Gasteiger partial charge on any atom is -0.459 e. The van der Waals surface area contributed by atoms with Crippen molar-refractivity contribution in [2.45, 2.75) is 38.8 Å². The maximum absolute atomic E-state index is 6.04. The van der Waals surface area contributed by atoms with Gasteiger partial charge in [-0.25, -0.2) is 0 Å². The Morgan fingerprint density at radius 2 is 2.25 bits per heavy atom. The first-order valence-electron chi connectivity index (χ1n) is 7.74. The number of likely N-dealkylation sites (N-methyl/N-ethyl adjacent to an activating group) is 1. The van der Waals surface area contributed by atoms with E-state index in [9.17, 15) is 0 Å². The molecule has 0 bridgehead atoms. The molecule has 2 unspecified atom stereocenters. The average Bonchev–Trinajstić information content (AvgIpc) is 3.04. The number of likely N-dealkylation sites (tertiary alicyclic amines) is 1. The lowest BCUT2D eigenvalue weighted by Crippen LogP contribution is -2.36. The first kappa shape index (κ1) is 13.7. The van der Waals surface area contributed by atoms with Crippen LogP contribution < -0.4 is 5.32 Å². The summed E-state index contributed by atoms with van der Waals surface area (Å²) in [5.41, 5.74) is 0.986. The number of nitrogens with zero attached hydrogens (tertiary/aromatic N) is 1. The molecule has 0 saturated carbocycles. The monoisotopic (exact) mass is 272 g/mol. The van der Waals surface area contributed by atoms with Crippen LogP contribution in [0.5, 0.6) is 0 Å². The second-order valence-corrected chi connectivity index (χ2v) is 5.78. The van der Waals surface area contributed by atoms with Gasteiger partial charge in [0.25, 0.3) is 0 Å². The van der Waals surface area contributed by atoms with E-state index < -0.39 is 0 Å². The normalized spacial score (nSPS) is 21.6. The van der Waals surface area contributed by atoms with Crippen molar-refractivity contribution in [3.05, 3.63) is 36.1 Å². The smallest absolute Gasteiger partial charge is 0.134 e. The van der Waals surface area contributed by atoms with Crippen LogP contribution in [-0.4, -0.2) is 30.6 Å². The Hall–Kier alpha value is -1.32. The molecule has 0 radical (unpaired) electrons. The third-order valence-electron chi connectivity index (χ3n) is 4.35. The molecule has 1 fully saturated rings. The van der Waals surface area contributed by atoms with E-state index in [2.05, 4.69) is 42.3 Å². The van der Waals surface area contributed by atoms with Crippen LogP contribution in [0.25, 0.3) is 11.0 Å². The summed E-state index contributed by atoms with van der Waals surface area (Å²) in [5, 5.41) is 4.77. The van der Waals surface area contributed by atoms with E-state index in [1.54, 1.807) is 0 Å². The van der Waals surface area contributed by atoms with Gasteiger partial charge in [-0.3, -0.25) is 4.90 Å². The standard InChI is InChI=1S/C17H24N2O/c1-3-18-15(12-19-10-6-7-13(19)2)17-11-14-8-4-5-9-16(14)20-17/h4-5,8-9,11,13,15,18H,3,6-7,10,12H2,1-2H3. The van der Waals surface area contributed by atoms with Crippen LogP contribution in [0.4, 0.5) is 0 Å². The summed E-state index contributed by atoms with van der Waals surface area (Å²) < 4.78 is 6.04. The third-order valence-corrected chi connectivity index (χ3v) is 4.35. The molecule has 1 aromatic carbocycles. The van der Waals surface area contributed by atoms with Gasteiger partial charge in [0.05, 0.1) is 6.04 Å². The maximum atomic E-state index is 6.04. The summed E-state index contributed by atoms with van der Waals surface area (Å²) in [7, 11) is 0. The van der Waals surface area contributed by atoms with Crippen molar-refractivity contribution in [1.82, 2.24) is 10.2 Å². The van der Waals surface area contributed by atoms with E-state index in [0.29, 0.717) is 6.04 Å². The molecule has 2 atom stereocenters. The highest BCUT2D eigenvalue weighted by Gasteiger charge is 2.25. The quantitative estimate of drug-likeness (QED) is 0.902. The van der Waals surface area contributed by atoms with Crippen molar-refractivity contribution in [3.8, 4) is 0 Å². The van der Waals surface area contributed by atoms with Gasteiger partial charge in [0.1, 0.15) is 11.3 Å². The van der Waals surface area contributed by atoms with Crippen molar-refractivity contribution in [1.29, 1.82) is 0 Å². The molecular formula is C17H24N2O. The highest BCUT2D eigenvalue weighted by molar-refractivity contribution is 5.77. The van der Waals surface area contributed by atoms with Crippen LogP contribution in [0, 0.1) is 0 Å². The fraction of sp³-hybridized carbons (Fsp3) is 0.529. The molecule has 2 aromatic rings. The Labute approximate surface area is 120 Å². The van der Waals surface area contributed by atoms with Gasteiger partial charge in [-0.1, -0.05) is 25.1 Å². The molecule has 0 amide bonds. The molecule has 0 aliphatic carbocycles. The van der Waals surface area contributed by atoms with E-state index in [1.165, 1.54) is 24.8 Å². The highest BCUT2D eigenvalue weighted by atomic mass is 16.3. The summed E-state index contributed by atoms with van der Waals surface area (Å²) in [6.45, 7) is 7.69. The number of hydrogen-bond donors (Lipinski definition) is 1. The lowest BCUT2D eigenvalue weighted by molar-refractivity contribution is 0.227. The molecule has 20 heavy (non-hydrogen) atoms. The molecule has 3 heteroatoms. The minimum atomic E-state index is 0.285. The molecule has 1 N–H and O–H groups in total. The minimum absolute atomic E-state index is 0.285. The Bertz CT molecular complexity index is 530. The Balaban J connectivity index is 1.81. The van der Waals surface area contributed by atoms with Gasteiger partial charge < -0.3 is 9.73 Å². The number of benzene rings is 1. The second-order valence-electron chi connectivity index (χ2n) is 5.78. The van der Waals surface area contributed by atoms with Gasteiger partial charge in [0, 0.05) is 18.0 Å². The largest absolute Gasteiger partial charge is 0.459 e. The van der Waals surface area contributed by atoms with Crippen molar-refractivity contribution in [3.63, 3.8) is 0 Å². The molecular weight excluding hydrogens is 248 g/mol.